The Morgan fingerprint density at radius 1 is 1.37 bits per heavy atom. The topological polar surface area (TPSA) is 93.4 Å². The highest BCUT2D eigenvalue weighted by molar-refractivity contribution is 5.95. The lowest BCUT2D eigenvalue weighted by atomic mass is 10.1. The van der Waals surface area contributed by atoms with Gasteiger partial charge in [0.1, 0.15) is 5.75 Å². The largest absolute Gasteiger partial charge is 0.495 e. The van der Waals surface area contributed by atoms with Crippen LogP contribution in [0.2, 0.25) is 0 Å². The SMILES string of the molecule is COc1ccc(NC(=O)C(C)CN)cc1NC(C)=O. The van der Waals surface area contributed by atoms with E-state index < -0.39 is 0 Å². The van der Waals surface area contributed by atoms with Crippen LogP contribution in [0.25, 0.3) is 0 Å². The van der Waals surface area contributed by atoms with Crippen molar-refractivity contribution < 1.29 is 14.3 Å². The Bertz CT molecular complexity index is 474. The van der Waals surface area contributed by atoms with Crippen LogP contribution in [0.5, 0.6) is 5.75 Å². The molecule has 1 atom stereocenters. The first kappa shape index (κ1) is 15.0. The first-order valence-electron chi connectivity index (χ1n) is 5.94. The van der Waals surface area contributed by atoms with Crippen molar-refractivity contribution in [1.82, 2.24) is 0 Å². The zero-order valence-corrected chi connectivity index (χ0v) is 11.3. The number of carbonyl (C=O) groups excluding carboxylic acids is 2. The third kappa shape index (κ3) is 4.26. The highest BCUT2D eigenvalue weighted by Gasteiger charge is 2.12. The first-order valence-corrected chi connectivity index (χ1v) is 5.94. The van der Waals surface area contributed by atoms with E-state index in [4.69, 9.17) is 10.5 Å². The van der Waals surface area contributed by atoms with Crippen molar-refractivity contribution in [2.75, 3.05) is 24.3 Å². The lowest BCUT2D eigenvalue weighted by molar-refractivity contribution is -0.119. The molecule has 1 aromatic carbocycles. The van der Waals surface area contributed by atoms with Crippen molar-refractivity contribution >= 4 is 23.2 Å². The Balaban J connectivity index is 2.91. The van der Waals surface area contributed by atoms with E-state index in [2.05, 4.69) is 10.6 Å². The van der Waals surface area contributed by atoms with Crippen molar-refractivity contribution in [3.05, 3.63) is 18.2 Å². The second kappa shape index (κ2) is 6.75. The van der Waals surface area contributed by atoms with E-state index in [1.54, 1.807) is 25.1 Å². The summed E-state index contributed by atoms with van der Waals surface area (Å²) in [4.78, 5) is 22.8. The fourth-order valence-electron chi connectivity index (χ4n) is 1.45. The van der Waals surface area contributed by atoms with Crippen molar-refractivity contribution in [3.8, 4) is 5.75 Å². The minimum Gasteiger partial charge on any atom is -0.495 e. The molecule has 0 aliphatic heterocycles. The van der Waals surface area contributed by atoms with Gasteiger partial charge in [0.15, 0.2) is 0 Å². The third-order valence-electron chi connectivity index (χ3n) is 2.58. The molecule has 0 heterocycles. The molecule has 104 valence electrons. The summed E-state index contributed by atoms with van der Waals surface area (Å²) in [6.45, 7) is 3.43. The minimum atomic E-state index is -0.272. The number of ether oxygens (including phenoxy) is 1. The molecule has 0 aliphatic rings. The van der Waals surface area contributed by atoms with E-state index in [1.165, 1.54) is 14.0 Å². The lowest BCUT2D eigenvalue weighted by Crippen LogP contribution is -2.26. The number of anilines is 2. The number of benzene rings is 1. The maximum atomic E-state index is 11.7. The molecule has 0 saturated carbocycles. The fourth-order valence-corrected chi connectivity index (χ4v) is 1.45. The molecule has 6 nitrogen and oxygen atoms in total. The minimum absolute atomic E-state index is 0.165. The van der Waals surface area contributed by atoms with Crippen LogP contribution in [0.3, 0.4) is 0 Å². The van der Waals surface area contributed by atoms with E-state index >= 15 is 0 Å². The molecular weight excluding hydrogens is 246 g/mol. The van der Waals surface area contributed by atoms with Crippen LogP contribution in [0.15, 0.2) is 18.2 Å². The van der Waals surface area contributed by atoms with Gasteiger partial charge in [-0.25, -0.2) is 0 Å². The van der Waals surface area contributed by atoms with Gasteiger partial charge in [0.25, 0.3) is 0 Å². The number of amides is 2. The van der Waals surface area contributed by atoms with Crippen LogP contribution >= 0.6 is 0 Å². The molecule has 6 heteroatoms. The Hall–Kier alpha value is -2.08. The van der Waals surface area contributed by atoms with Crippen LogP contribution in [0.4, 0.5) is 11.4 Å². The summed E-state index contributed by atoms with van der Waals surface area (Å²) in [5.74, 6) is -0.120. The molecule has 1 aromatic rings. The van der Waals surface area contributed by atoms with Crippen molar-refractivity contribution in [1.29, 1.82) is 0 Å². The standard InChI is InChI=1S/C13H19N3O3/c1-8(7-14)13(18)16-10-4-5-12(19-3)11(6-10)15-9(2)17/h4-6,8H,7,14H2,1-3H3,(H,15,17)(H,16,18). The average molecular weight is 265 g/mol. The number of nitrogens with one attached hydrogen (secondary N) is 2. The van der Waals surface area contributed by atoms with E-state index in [0.717, 1.165) is 0 Å². The number of hydrogen-bond donors (Lipinski definition) is 3. The van der Waals surface area contributed by atoms with Gasteiger partial charge in [-0.05, 0) is 18.2 Å². The second-order valence-corrected chi connectivity index (χ2v) is 4.22. The molecule has 0 radical (unpaired) electrons. The maximum absolute atomic E-state index is 11.7. The summed E-state index contributed by atoms with van der Waals surface area (Å²) in [5.41, 5.74) is 6.52. The van der Waals surface area contributed by atoms with Crippen LogP contribution in [-0.4, -0.2) is 25.5 Å². The molecule has 1 unspecified atom stereocenters. The lowest BCUT2D eigenvalue weighted by Gasteiger charge is -2.13. The van der Waals surface area contributed by atoms with Crippen LogP contribution in [0, 0.1) is 5.92 Å². The van der Waals surface area contributed by atoms with Gasteiger partial charge in [0, 0.05) is 25.1 Å². The highest BCUT2D eigenvalue weighted by atomic mass is 16.5. The van der Waals surface area contributed by atoms with Crippen LogP contribution < -0.4 is 21.1 Å². The van der Waals surface area contributed by atoms with Gasteiger partial charge in [-0.2, -0.15) is 0 Å². The van der Waals surface area contributed by atoms with Gasteiger partial charge >= 0.3 is 0 Å². The Morgan fingerprint density at radius 3 is 2.58 bits per heavy atom. The summed E-state index contributed by atoms with van der Waals surface area (Å²) < 4.78 is 5.13. The smallest absolute Gasteiger partial charge is 0.228 e. The first-order chi connectivity index (χ1) is 8.97. The van der Waals surface area contributed by atoms with E-state index in [1.807, 2.05) is 0 Å². The third-order valence-corrected chi connectivity index (χ3v) is 2.58. The number of rotatable bonds is 5. The van der Waals surface area contributed by atoms with Crippen molar-refractivity contribution in [3.63, 3.8) is 0 Å². The summed E-state index contributed by atoms with van der Waals surface area (Å²) in [6.07, 6.45) is 0. The number of methoxy groups -OCH3 is 1. The Labute approximate surface area is 112 Å². The fraction of sp³-hybridized carbons (Fsp3) is 0.385. The quantitative estimate of drug-likeness (QED) is 0.745. The molecule has 0 fully saturated rings. The van der Waals surface area contributed by atoms with Crippen molar-refractivity contribution in [2.24, 2.45) is 11.7 Å². The molecule has 4 N–H and O–H groups in total. The van der Waals surface area contributed by atoms with Crippen molar-refractivity contribution in [2.45, 2.75) is 13.8 Å². The predicted molar refractivity (Wildman–Crippen MR) is 74.1 cm³/mol. The molecule has 0 spiro atoms. The van der Waals surface area contributed by atoms with E-state index in [9.17, 15) is 9.59 Å². The van der Waals surface area contributed by atoms with Gasteiger partial charge in [0.05, 0.1) is 12.8 Å². The molecule has 0 aliphatic carbocycles. The summed E-state index contributed by atoms with van der Waals surface area (Å²) in [6, 6.07) is 5.01. The summed E-state index contributed by atoms with van der Waals surface area (Å²) in [7, 11) is 1.51. The molecule has 0 saturated heterocycles. The Kier molecular flexibility index (Phi) is 5.32. The molecule has 1 rings (SSSR count). The molecule has 0 bridgehead atoms. The zero-order chi connectivity index (χ0) is 14.4. The van der Waals surface area contributed by atoms with Crippen LogP contribution in [-0.2, 0) is 9.59 Å². The highest BCUT2D eigenvalue weighted by Crippen LogP contribution is 2.27. The van der Waals surface area contributed by atoms with Gasteiger partial charge in [-0.3, -0.25) is 9.59 Å². The number of carbonyl (C=O) groups is 2. The molecule has 2 amide bonds. The van der Waals surface area contributed by atoms with Gasteiger partial charge in [0.2, 0.25) is 11.8 Å². The van der Waals surface area contributed by atoms with E-state index in [0.29, 0.717) is 17.1 Å². The number of hydrogen-bond acceptors (Lipinski definition) is 4. The van der Waals surface area contributed by atoms with Crippen LogP contribution in [0.1, 0.15) is 13.8 Å². The van der Waals surface area contributed by atoms with Gasteiger partial charge in [-0.15, -0.1) is 0 Å². The maximum Gasteiger partial charge on any atom is 0.228 e. The zero-order valence-electron chi connectivity index (χ0n) is 11.3. The molecule has 0 aromatic heterocycles. The monoisotopic (exact) mass is 265 g/mol. The van der Waals surface area contributed by atoms with Gasteiger partial charge in [-0.1, -0.05) is 6.92 Å². The Morgan fingerprint density at radius 2 is 2.05 bits per heavy atom. The predicted octanol–water partition coefficient (Wildman–Crippen LogP) is 1.19. The normalized spacial score (nSPS) is 11.6. The van der Waals surface area contributed by atoms with Gasteiger partial charge < -0.3 is 21.1 Å². The summed E-state index contributed by atoms with van der Waals surface area (Å²) >= 11 is 0. The molecule has 19 heavy (non-hydrogen) atoms. The average Bonchev–Trinajstić information content (AvgIpc) is 2.37. The second-order valence-electron chi connectivity index (χ2n) is 4.22. The number of nitrogens with two attached hydrogens (primary N) is 1. The molecular formula is C13H19N3O3. The summed E-state index contributed by atoms with van der Waals surface area (Å²) in [5, 5.41) is 5.37. The van der Waals surface area contributed by atoms with E-state index in [-0.39, 0.29) is 24.3 Å².